The third kappa shape index (κ3) is 1.79. The van der Waals surface area contributed by atoms with Crippen molar-refractivity contribution < 1.29 is 0 Å². The van der Waals surface area contributed by atoms with Crippen molar-refractivity contribution in [3.8, 4) is 0 Å². The lowest BCUT2D eigenvalue weighted by Gasteiger charge is -1.94. The summed E-state index contributed by atoms with van der Waals surface area (Å²) in [6, 6.07) is 1.84. The van der Waals surface area contributed by atoms with Gasteiger partial charge in [-0.2, -0.15) is 0 Å². The van der Waals surface area contributed by atoms with Gasteiger partial charge in [-0.1, -0.05) is 11.6 Å². The summed E-state index contributed by atoms with van der Waals surface area (Å²) >= 11 is 7.90. The average Bonchev–Trinajstić information content (AvgIpc) is 1.80. The standard InChI is InChI=1S/C6H5ClIN/c1-4-3-9-6(8)2-5(4)7/h2-3H,1H3. The topological polar surface area (TPSA) is 12.9 Å². The SMILES string of the molecule is Cc1cnc(I)cc1Cl. The second-order valence-corrected chi connectivity index (χ2v) is 3.27. The van der Waals surface area contributed by atoms with Gasteiger partial charge in [0, 0.05) is 11.2 Å². The van der Waals surface area contributed by atoms with Crippen LogP contribution in [0.4, 0.5) is 0 Å². The normalized spacial score (nSPS) is 9.67. The van der Waals surface area contributed by atoms with E-state index in [1.807, 2.05) is 13.0 Å². The van der Waals surface area contributed by atoms with Crippen LogP contribution in [0.2, 0.25) is 5.02 Å². The van der Waals surface area contributed by atoms with Gasteiger partial charge in [0.25, 0.3) is 0 Å². The molecule has 48 valence electrons. The molecule has 1 rings (SSSR count). The zero-order chi connectivity index (χ0) is 6.85. The van der Waals surface area contributed by atoms with E-state index in [2.05, 4.69) is 27.6 Å². The number of rotatable bonds is 0. The molecule has 1 aromatic rings. The molecule has 9 heavy (non-hydrogen) atoms. The maximum Gasteiger partial charge on any atom is 0.102 e. The number of hydrogen-bond donors (Lipinski definition) is 0. The van der Waals surface area contributed by atoms with E-state index in [0.717, 1.165) is 14.3 Å². The summed E-state index contributed by atoms with van der Waals surface area (Å²) < 4.78 is 0.934. The van der Waals surface area contributed by atoms with Gasteiger partial charge in [-0.3, -0.25) is 0 Å². The van der Waals surface area contributed by atoms with E-state index in [0.29, 0.717) is 0 Å². The van der Waals surface area contributed by atoms with Crippen LogP contribution in [0.15, 0.2) is 12.3 Å². The van der Waals surface area contributed by atoms with Gasteiger partial charge in [-0.15, -0.1) is 0 Å². The highest BCUT2D eigenvalue weighted by Crippen LogP contribution is 2.14. The molecule has 0 spiro atoms. The van der Waals surface area contributed by atoms with Gasteiger partial charge in [0.15, 0.2) is 0 Å². The van der Waals surface area contributed by atoms with Crippen LogP contribution >= 0.6 is 34.2 Å². The molecule has 0 saturated heterocycles. The monoisotopic (exact) mass is 253 g/mol. The molecule has 0 aliphatic heterocycles. The average molecular weight is 253 g/mol. The Bertz CT molecular complexity index is 224. The first kappa shape index (κ1) is 7.28. The first-order valence-corrected chi connectivity index (χ1v) is 3.93. The maximum atomic E-state index is 5.77. The molecule has 0 aliphatic carbocycles. The van der Waals surface area contributed by atoms with E-state index in [1.54, 1.807) is 6.20 Å². The molecule has 1 heterocycles. The molecule has 0 unspecified atom stereocenters. The van der Waals surface area contributed by atoms with E-state index in [1.165, 1.54) is 0 Å². The van der Waals surface area contributed by atoms with Gasteiger partial charge < -0.3 is 0 Å². The summed E-state index contributed by atoms with van der Waals surface area (Å²) in [5.41, 5.74) is 1.03. The van der Waals surface area contributed by atoms with Crippen molar-refractivity contribution in [2.45, 2.75) is 6.92 Å². The summed E-state index contributed by atoms with van der Waals surface area (Å²) in [6.07, 6.45) is 1.77. The molecular formula is C6H5ClIN. The first-order chi connectivity index (χ1) is 4.20. The fourth-order valence-corrected chi connectivity index (χ4v) is 1.26. The quantitative estimate of drug-likeness (QED) is 0.512. The third-order valence-electron chi connectivity index (χ3n) is 1.00. The lowest BCUT2D eigenvalue weighted by Crippen LogP contribution is -1.81. The molecule has 0 bridgehead atoms. The smallest absolute Gasteiger partial charge is 0.102 e. The van der Waals surface area contributed by atoms with E-state index in [4.69, 9.17) is 11.6 Å². The van der Waals surface area contributed by atoms with Crippen molar-refractivity contribution in [1.29, 1.82) is 0 Å². The Morgan fingerprint density at radius 1 is 1.67 bits per heavy atom. The summed E-state index contributed by atoms with van der Waals surface area (Å²) in [7, 11) is 0. The van der Waals surface area contributed by atoms with Crippen LogP contribution in [0, 0.1) is 10.6 Å². The molecule has 0 aromatic carbocycles. The molecular weight excluding hydrogens is 248 g/mol. The molecule has 0 saturated carbocycles. The van der Waals surface area contributed by atoms with Crippen molar-refractivity contribution >= 4 is 34.2 Å². The zero-order valence-corrected chi connectivity index (χ0v) is 7.77. The lowest BCUT2D eigenvalue weighted by molar-refractivity contribution is 1.23. The number of aryl methyl sites for hydroxylation is 1. The molecule has 1 nitrogen and oxygen atoms in total. The Kier molecular flexibility index (Phi) is 2.29. The highest BCUT2D eigenvalue weighted by Gasteiger charge is 1.93. The molecule has 0 fully saturated rings. The van der Waals surface area contributed by atoms with Crippen molar-refractivity contribution in [2.24, 2.45) is 0 Å². The summed E-state index contributed by atoms with van der Waals surface area (Å²) in [4.78, 5) is 4.04. The van der Waals surface area contributed by atoms with Gasteiger partial charge in [0.1, 0.15) is 3.70 Å². The van der Waals surface area contributed by atoms with Crippen molar-refractivity contribution in [3.63, 3.8) is 0 Å². The minimum absolute atomic E-state index is 0.786. The highest BCUT2D eigenvalue weighted by molar-refractivity contribution is 14.1. The number of nitrogens with zero attached hydrogens (tertiary/aromatic N) is 1. The van der Waals surface area contributed by atoms with E-state index in [-0.39, 0.29) is 0 Å². The first-order valence-electron chi connectivity index (χ1n) is 2.48. The van der Waals surface area contributed by atoms with Crippen LogP contribution in [0.3, 0.4) is 0 Å². The van der Waals surface area contributed by atoms with Gasteiger partial charge in [-0.05, 0) is 41.1 Å². The van der Waals surface area contributed by atoms with Crippen LogP contribution in [0.5, 0.6) is 0 Å². The van der Waals surface area contributed by atoms with Gasteiger partial charge in [-0.25, -0.2) is 4.98 Å². The molecule has 0 amide bonds. The molecule has 3 heteroatoms. The Morgan fingerprint density at radius 2 is 2.33 bits per heavy atom. The number of pyridine rings is 1. The molecule has 1 aromatic heterocycles. The van der Waals surface area contributed by atoms with Gasteiger partial charge in [0.05, 0.1) is 0 Å². The van der Waals surface area contributed by atoms with Crippen LogP contribution in [-0.4, -0.2) is 4.98 Å². The van der Waals surface area contributed by atoms with E-state index in [9.17, 15) is 0 Å². The number of hydrogen-bond acceptors (Lipinski definition) is 1. The minimum Gasteiger partial charge on any atom is -0.250 e. The summed E-state index contributed by atoms with van der Waals surface area (Å²) in [6.45, 7) is 1.94. The number of aromatic nitrogens is 1. The molecule has 0 atom stereocenters. The predicted molar refractivity (Wildman–Crippen MR) is 46.7 cm³/mol. The predicted octanol–water partition coefficient (Wildman–Crippen LogP) is 2.65. The molecule has 0 aliphatic rings. The van der Waals surface area contributed by atoms with Crippen LogP contribution in [0.1, 0.15) is 5.56 Å². The Balaban J connectivity index is 3.17. The lowest BCUT2D eigenvalue weighted by atomic mass is 10.3. The van der Waals surface area contributed by atoms with E-state index < -0.39 is 0 Å². The number of halogens is 2. The Hall–Kier alpha value is 0.170. The van der Waals surface area contributed by atoms with E-state index >= 15 is 0 Å². The van der Waals surface area contributed by atoms with Crippen LogP contribution in [-0.2, 0) is 0 Å². The second-order valence-electron chi connectivity index (χ2n) is 1.76. The Labute approximate surface area is 72.6 Å². The fourth-order valence-electron chi connectivity index (χ4n) is 0.476. The molecule has 0 radical (unpaired) electrons. The Morgan fingerprint density at radius 3 is 2.78 bits per heavy atom. The second kappa shape index (κ2) is 2.84. The van der Waals surface area contributed by atoms with Crippen molar-refractivity contribution in [3.05, 3.63) is 26.5 Å². The minimum atomic E-state index is 0.786. The van der Waals surface area contributed by atoms with Gasteiger partial charge >= 0.3 is 0 Å². The highest BCUT2D eigenvalue weighted by atomic mass is 127. The van der Waals surface area contributed by atoms with Crippen molar-refractivity contribution in [1.82, 2.24) is 4.98 Å². The summed E-state index contributed by atoms with van der Waals surface area (Å²) in [5, 5.41) is 0.786. The maximum absolute atomic E-state index is 5.77. The van der Waals surface area contributed by atoms with Gasteiger partial charge in [0.2, 0.25) is 0 Å². The van der Waals surface area contributed by atoms with Crippen LogP contribution < -0.4 is 0 Å². The zero-order valence-electron chi connectivity index (χ0n) is 4.86. The van der Waals surface area contributed by atoms with Crippen LogP contribution in [0.25, 0.3) is 0 Å². The molecule has 0 N–H and O–H groups in total. The third-order valence-corrected chi connectivity index (χ3v) is 2.00. The summed E-state index contributed by atoms with van der Waals surface area (Å²) in [5.74, 6) is 0. The largest absolute Gasteiger partial charge is 0.250 e. The fraction of sp³-hybridized carbons (Fsp3) is 0.167. The van der Waals surface area contributed by atoms with Crippen molar-refractivity contribution in [2.75, 3.05) is 0 Å².